The minimum absolute atomic E-state index is 0.188. The van der Waals surface area contributed by atoms with Crippen molar-refractivity contribution in [2.75, 3.05) is 0 Å². The maximum absolute atomic E-state index is 12.4. The molecule has 0 aromatic heterocycles. The average Bonchev–Trinajstić information content (AvgIpc) is 2.04. The standard InChI is InChI=1S/C10H10F/c1-2-3-4-9-5-7-10(11)8-6-9/h2-3,5-8H,1,4H2. The molecule has 1 radical (unpaired) electrons. The molecule has 1 aromatic carbocycles. The van der Waals surface area contributed by atoms with Crippen LogP contribution in [0.25, 0.3) is 0 Å². The zero-order chi connectivity index (χ0) is 8.10. The first kappa shape index (κ1) is 7.99. The zero-order valence-corrected chi connectivity index (χ0v) is 6.26. The monoisotopic (exact) mass is 149 g/mol. The van der Waals surface area contributed by atoms with Gasteiger partial charge in [-0.15, -0.1) is 0 Å². The second-order valence-electron chi connectivity index (χ2n) is 2.30. The molecule has 0 N–H and O–H groups in total. The molecule has 0 bridgehead atoms. The van der Waals surface area contributed by atoms with E-state index < -0.39 is 0 Å². The normalized spacial score (nSPS) is 10.7. The molecule has 1 rings (SSSR count). The molecule has 11 heavy (non-hydrogen) atoms. The summed E-state index contributed by atoms with van der Waals surface area (Å²) in [4.78, 5) is 0. The van der Waals surface area contributed by atoms with Gasteiger partial charge in [-0.25, -0.2) is 4.39 Å². The van der Waals surface area contributed by atoms with E-state index in [1.54, 1.807) is 18.2 Å². The molecule has 0 nitrogen and oxygen atoms in total. The Morgan fingerprint density at radius 3 is 2.45 bits per heavy atom. The molecular formula is C10H10F. The molecular weight excluding hydrogens is 139 g/mol. The largest absolute Gasteiger partial charge is 0.207 e. The van der Waals surface area contributed by atoms with Gasteiger partial charge in [0.05, 0.1) is 0 Å². The third kappa shape index (κ3) is 2.54. The van der Waals surface area contributed by atoms with E-state index in [9.17, 15) is 4.39 Å². The molecule has 0 amide bonds. The van der Waals surface area contributed by atoms with Gasteiger partial charge in [0, 0.05) is 0 Å². The molecule has 1 heteroatoms. The van der Waals surface area contributed by atoms with Crippen molar-refractivity contribution in [2.24, 2.45) is 0 Å². The van der Waals surface area contributed by atoms with Crippen LogP contribution in [-0.4, -0.2) is 0 Å². The van der Waals surface area contributed by atoms with Gasteiger partial charge in [0.2, 0.25) is 0 Å². The summed E-state index contributed by atoms with van der Waals surface area (Å²) in [5.41, 5.74) is 1.10. The molecule has 0 atom stereocenters. The van der Waals surface area contributed by atoms with Crippen molar-refractivity contribution < 1.29 is 4.39 Å². The maximum atomic E-state index is 12.4. The Bertz CT molecular complexity index is 234. The van der Waals surface area contributed by atoms with Crippen LogP contribution in [0.3, 0.4) is 0 Å². The van der Waals surface area contributed by atoms with Gasteiger partial charge in [-0.3, -0.25) is 0 Å². The van der Waals surface area contributed by atoms with Crippen LogP contribution in [0.15, 0.2) is 36.4 Å². The Morgan fingerprint density at radius 1 is 1.27 bits per heavy atom. The van der Waals surface area contributed by atoms with Crippen molar-refractivity contribution in [2.45, 2.75) is 6.42 Å². The number of hydrogen-bond acceptors (Lipinski definition) is 0. The molecule has 0 aliphatic heterocycles. The minimum Gasteiger partial charge on any atom is -0.207 e. The van der Waals surface area contributed by atoms with E-state index in [1.165, 1.54) is 12.1 Å². The zero-order valence-electron chi connectivity index (χ0n) is 6.26. The third-order valence-electron chi connectivity index (χ3n) is 1.43. The van der Waals surface area contributed by atoms with Crippen LogP contribution in [0.1, 0.15) is 5.56 Å². The highest BCUT2D eigenvalue weighted by Gasteiger charge is 1.89. The number of hydrogen-bond donors (Lipinski definition) is 0. The predicted octanol–water partition coefficient (Wildman–Crippen LogP) is 2.76. The van der Waals surface area contributed by atoms with Crippen molar-refractivity contribution in [3.05, 3.63) is 54.7 Å². The third-order valence-corrected chi connectivity index (χ3v) is 1.43. The first-order chi connectivity index (χ1) is 5.33. The molecule has 0 fully saturated rings. The van der Waals surface area contributed by atoms with Crippen LogP contribution in [0.5, 0.6) is 0 Å². The summed E-state index contributed by atoms with van der Waals surface area (Å²) in [5, 5.41) is 0. The van der Waals surface area contributed by atoms with Crippen LogP contribution in [-0.2, 0) is 6.42 Å². The Morgan fingerprint density at radius 2 is 1.91 bits per heavy atom. The van der Waals surface area contributed by atoms with Crippen molar-refractivity contribution in [1.82, 2.24) is 0 Å². The van der Waals surface area contributed by atoms with E-state index in [4.69, 9.17) is 0 Å². The van der Waals surface area contributed by atoms with Gasteiger partial charge in [-0.1, -0.05) is 24.3 Å². The average molecular weight is 149 g/mol. The van der Waals surface area contributed by atoms with Crippen LogP contribution >= 0.6 is 0 Å². The molecule has 0 aliphatic rings. The van der Waals surface area contributed by atoms with Crippen molar-refractivity contribution in [1.29, 1.82) is 0 Å². The molecule has 0 aliphatic carbocycles. The summed E-state index contributed by atoms with van der Waals surface area (Å²) in [7, 11) is 0. The molecule has 0 saturated heterocycles. The number of benzene rings is 1. The Hall–Kier alpha value is -1.11. The summed E-state index contributed by atoms with van der Waals surface area (Å²) < 4.78 is 12.4. The van der Waals surface area contributed by atoms with Gasteiger partial charge in [0.25, 0.3) is 0 Å². The minimum atomic E-state index is -0.188. The lowest BCUT2D eigenvalue weighted by Crippen LogP contribution is -1.80. The Kier molecular flexibility index (Phi) is 2.84. The topological polar surface area (TPSA) is 0 Å². The smallest absolute Gasteiger partial charge is 0.123 e. The van der Waals surface area contributed by atoms with E-state index in [2.05, 4.69) is 6.92 Å². The number of rotatable bonds is 2. The number of halogens is 1. The molecule has 1 aromatic rings. The first-order valence-electron chi connectivity index (χ1n) is 3.51. The summed E-state index contributed by atoms with van der Waals surface area (Å²) >= 11 is 0. The van der Waals surface area contributed by atoms with Gasteiger partial charge >= 0.3 is 0 Å². The Labute approximate surface area is 66.4 Å². The SMILES string of the molecule is [CH2]C=CCc1ccc(F)cc1. The van der Waals surface area contributed by atoms with E-state index in [1.807, 2.05) is 6.08 Å². The fraction of sp³-hybridized carbons (Fsp3) is 0.100. The van der Waals surface area contributed by atoms with E-state index in [0.717, 1.165) is 12.0 Å². The Balaban J connectivity index is 2.66. The van der Waals surface area contributed by atoms with Crippen LogP contribution in [0, 0.1) is 12.7 Å². The van der Waals surface area contributed by atoms with Gasteiger partial charge < -0.3 is 0 Å². The van der Waals surface area contributed by atoms with E-state index in [0.29, 0.717) is 0 Å². The van der Waals surface area contributed by atoms with Gasteiger partial charge in [0.15, 0.2) is 0 Å². The summed E-state index contributed by atoms with van der Waals surface area (Å²) in [6.45, 7) is 3.56. The molecule has 0 spiro atoms. The van der Waals surface area contributed by atoms with E-state index >= 15 is 0 Å². The van der Waals surface area contributed by atoms with Crippen LogP contribution in [0.4, 0.5) is 4.39 Å². The lowest BCUT2D eigenvalue weighted by atomic mass is 10.1. The van der Waals surface area contributed by atoms with Gasteiger partial charge in [0.1, 0.15) is 5.82 Å². The second kappa shape index (κ2) is 3.91. The van der Waals surface area contributed by atoms with E-state index in [-0.39, 0.29) is 5.82 Å². The fourth-order valence-corrected chi connectivity index (χ4v) is 0.840. The highest BCUT2D eigenvalue weighted by atomic mass is 19.1. The predicted molar refractivity (Wildman–Crippen MR) is 44.6 cm³/mol. The lowest BCUT2D eigenvalue weighted by molar-refractivity contribution is 0.627. The summed E-state index contributed by atoms with van der Waals surface area (Å²) in [6.07, 6.45) is 4.50. The van der Waals surface area contributed by atoms with Crippen LogP contribution < -0.4 is 0 Å². The molecule has 0 heterocycles. The van der Waals surface area contributed by atoms with Crippen molar-refractivity contribution in [3.8, 4) is 0 Å². The van der Waals surface area contributed by atoms with Gasteiger partial charge in [-0.2, -0.15) is 0 Å². The quantitative estimate of drug-likeness (QED) is 0.606. The lowest BCUT2D eigenvalue weighted by Gasteiger charge is -1.94. The molecule has 0 unspecified atom stereocenters. The highest BCUT2D eigenvalue weighted by molar-refractivity contribution is 5.18. The first-order valence-corrected chi connectivity index (χ1v) is 3.51. The number of allylic oxidation sites excluding steroid dienone is 2. The maximum Gasteiger partial charge on any atom is 0.123 e. The molecule has 0 saturated carbocycles. The second-order valence-corrected chi connectivity index (χ2v) is 2.30. The highest BCUT2D eigenvalue weighted by Crippen LogP contribution is 2.03. The summed E-state index contributed by atoms with van der Waals surface area (Å²) in [6, 6.07) is 6.48. The van der Waals surface area contributed by atoms with Crippen molar-refractivity contribution in [3.63, 3.8) is 0 Å². The molecule has 57 valence electrons. The fourth-order valence-electron chi connectivity index (χ4n) is 0.840. The van der Waals surface area contributed by atoms with Gasteiger partial charge in [-0.05, 0) is 31.0 Å². The van der Waals surface area contributed by atoms with Crippen molar-refractivity contribution >= 4 is 0 Å². The summed E-state index contributed by atoms with van der Waals surface area (Å²) in [5.74, 6) is -0.188. The van der Waals surface area contributed by atoms with Crippen LogP contribution in [0.2, 0.25) is 0 Å².